The number of fused-ring (bicyclic) bond motifs is 1. The summed E-state index contributed by atoms with van der Waals surface area (Å²) in [5, 5.41) is 6.18. The van der Waals surface area contributed by atoms with Crippen molar-refractivity contribution in [2.75, 3.05) is 20.8 Å². The summed E-state index contributed by atoms with van der Waals surface area (Å²) in [5.74, 6) is 0.337. The average Bonchev–Trinajstić information content (AvgIpc) is 3.72. The van der Waals surface area contributed by atoms with Gasteiger partial charge >= 0.3 is 0 Å². The zero-order valence-electron chi connectivity index (χ0n) is 23.4. The van der Waals surface area contributed by atoms with E-state index in [4.69, 9.17) is 14.2 Å². The number of methoxy groups -OCH3 is 2. The zero-order chi connectivity index (χ0) is 28.4. The quantitative estimate of drug-likeness (QED) is 0.337. The van der Waals surface area contributed by atoms with Gasteiger partial charge in [-0.3, -0.25) is 14.6 Å². The van der Waals surface area contributed by atoms with Crippen LogP contribution in [0, 0.1) is 18.7 Å². The average molecular weight is 553 g/mol. The molecule has 2 amide bonds. The number of aromatic nitrogens is 2. The fraction of sp³-hybridized carbons (Fsp3) is 0.500. The predicted octanol–water partition coefficient (Wildman–Crippen LogP) is 4.67. The summed E-state index contributed by atoms with van der Waals surface area (Å²) in [6.07, 6.45) is 6.45. The number of halogens is 1. The normalized spacial score (nSPS) is 19.7. The number of hydrogen-bond acceptors (Lipinski definition) is 6. The third-order valence-corrected chi connectivity index (χ3v) is 7.95. The highest BCUT2D eigenvalue weighted by Crippen LogP contribution is 2.40. The van der Waals surface area contributed by atoms with Crippen molar-refractivity contribution in [1.29, 1.82) is 0 Å². The van der Waals surface area contributed by atoms with Crippen molar-refractivity contribution >= 4 is 22.8 Å². The van der Waals surface area contributed by atoms with E-state index in [0.717, 1.165) is 38.5 Å². The van der Waals surface area contributed by atoms with Crippen LogP contribution in [0.4, 0.5) is 4.39 Å². The lowest BCUT2D eigenvalue weighted by Crippen LogP contribution is -2.46. The Morgan fingerprint density at radius 1 is 1.05 bits per heavy atom. The molecule has 0 bridgehead atoms. The van der Waals surface area contributed by atoms with E-state index in [1.54, 1.807) is 25.3 Å². The SMILES string of the molecule is COc1cc(OCC2CC2)c(-c2ccnc3c(C(=O)N[C@H]4CC[C@@H](NC(=O)[C@H](C)OC)CC4)c(C)[nH]c23)cc1F. The lowest BCUT2D eigenvalue weighted by atomic mass is 9.90. The van der Waals surface area contributed by atoms with Crippen molar-refractivity contribution < 1.29 is 28.2 Å². The van der Waals surface area contributed by atoms with Gasteiger partial charge in [0, 0.05) is 48.3 Å². The smallest absolute Gasteiger partial charge is 0.255 e. The van der Waals surface area contributed by atoms with Crippen LogP contribution in [-0.4, -0.2) is 60.8 Å². The number of nitrogens with one attached hydrogen (secondary N) is 3. The maximum atomic E-state index is 14.9. The highest BCUT2D eigenvalue weighted by Gasteiger charge is 2.28. The minimum Gasteiger partial charge on any atom is -0.494 e. The molecule has 1 atom stereocenters. The number of aryl methyl sites for hydroxylation is 1. The molecule has 2 aliphatic rings. The number of carbonyl (C=O) groups excluding carboxylic acids is 2. The number of nitrogens with zero attached hydrogens (tertiary/aromatic N) is 1. The van der Waals surface area contributed by atoms with Gasteiger partial charge in [0.25, 0.3) is 5.91 Å². The van der Waals surface area contributed by atoms with Gasteiger partial charge in [0.2, 0.25) is 5.91 Å². The fourth-order valence-electron chi connectivity index (χ4n) is 5.29. The van der Waals surface area contributed by atoms with E-state index in [2.05, 4.69) is 20.6 Å². The van der Waals surface area contributed by atoms with Crippen LogP contribution in [0.2, 0.25) is 0 Å². The minimum atomic E-state index is -0.494. The van der Waals surface area contributed by atoms with Crippen LogP contribution < -0.4 is 20.1 Å². The number of aromatic amines is 1. The third kappa shape index (κ3) is 5.91. The van der Waals surface area contributed by atoms with Gasteiger partial charge in [-0.25, -0.2) is 4.39 Å². The monoisotopic (exact) mass is 552 g/mol. The molecule has 0 saturated heterocycles. The Bertz CT molecular complexity index is 1390. The Kier molecular flexibility index (Phi) is 8.25. The molecule has 2 aromatic heterocycles. The van der Waals surface area contributed by atoms with E-state index in [0.29, 0.717) is 51.7 Å². The zero-order valence-corrected chi connectivity index (χ0v) is 23.4. The van der Waals surface area contributed by atoms with Crippen LogP contribution in [0.15, 0.2) is 24.4 Å². The lowest BCUT2D eigenvalue weighted by Gasteiger charge is -2.30. The van der Waals surface area contributed by atoms with Gasteiger partial charge in [0.15, 0.2) is 11.6 Å². The molecule has 0 spiro atoms. The molecule has 2 aliphatic carbocycles. The minimum absolute atomic E-state index is 0.00820. The number of rotatable bonds is 10. The summed E-state index contributed by atoms with van der Waals surface area (Å²) in [7, 11) is 2.94. The molecule has 2 heterocycles. The van der Waals surface area contributed by atoms with Gasteiger partial charge in [-0.2, -0.15) is 0 Å². The van der Waals surface area contributed by atoms with E-state index >= 15 is 0 Å². The van der Waals surface area contributed by atoms with Crippen molar-refractivity contribution in [3.63, 3.8) is 0 Å². The van der Waals surface area contributed by atoms with Crippen LogP contribution >= 0.6 is 0 Å². The van der Waals surface area contributed by atoms with Crippen LogP contribution in [0.3, 0.4) is 0 Å². The molecule has 0 unspecified atom stereocenters. The van der Waals surface area contributed by atoms with Gasteiger partial charge < -0.3 is 29.8 Å². The Balaban J connectivity index is 1.35. The highest BCUT2D eigenvalue weighted by atomic mass is 19.1. The van der Waals surface area contributed by atoms with Crippen LogP contribution in [0.25, 0.3) is 22.2 Å². The first-order chi connectivity index (χ1) is 19.3. The molecule has 40 heavy (non-hydrogen) atoms. The second-order valence-corrected chi connectivity index (χ2v) is 10.9. The molecule has 5 rings (SSSR count). The maximum absolute atomic E-state index is 14.9. The van der Waals surface area contributed by atoms with Gasteiger partial charge in [-0.15, -0.1) is 0 Å². The van der Waals surface area contributed by atoms with Crippen LogP contribution in [0.5, 0.6) is 11.5 Å². The first-order valence-corrected chi connectivity index (χ1v) is 13.9. The Hall–Kier alpha value is -3.66. The summed E-state index contributed by atoms with van der Waals surface area (Å²) >= 11 is 0. The summed E-state index contributed by atoms with van der Waals surface area (Å²) in [4.78, 5) is 33.5. The Morgan fingerprint density at radius 2 is 1.75 bits per heavy atom. The maximum Gasteiger partial charge on any atom is 0.255 e. The van der Waals surface area contributed by atoms with Crippen LogP contribution in [0.1, 0.15) is 61.5 Å². The number of H-pyrrole nitrogens is 1. The molecule has 2 saturated carbocycles. The van der Waals surface area contributed by atoms with E-state index in [1.807, 2.05) is 6.92 Å². The van der Waals surface area contributed by atoms with E-state index < -0.39 is 11.9 Å². The topological polar surface area (TPSA) is 115 Å². The van der Waals surface area contributed by atoms with E-state index in [9.17, 15) is 14.0 Å². The van der Waals surface area contributed by atoms with E-state index in [1.165, 1.54) is 20.3 Å². The third-order valence-electron chi connectivity index (χ3n) is 7.95. The van der Waals surface area contributed by atoms with Crippen molar-refractivity contribution in [1.82, 2.24) is 20.6 Å². The molecular formula is C30H37FN4O5. The number of pyridine rings is 1. The Labute approximate surface area is 233 Å². The fourth-order valence-corrected chi connectivity index (χ4v) is 5.29. The van der Waals surface area contributed by atoms with Crippen molar-refractivity contribution in [3.8, 4) is 22.6 Å². The first kappa shape index (κ1) is 27.9. The molecular weight excluding hydrogens is 515 g/mol. The summed E-state index contributed by atoms with van der Waals surface area (Å²) in [5.41, 5.74) is 3.58. The van der Waals surface area contributed by atoms with Gasteiger partial charge in [0.05, 0.1) is 24.8 Å². The molecule has 10 heteroatoms. The number of carbonyl (C=O) groups is 2. The van der Waals surface area contributed by atoms with Gasteiger partial charge in [-0.05, 0) is 70.4 Å². The van der Waals surface area contributed by atoms with Gasteiger partial charge in [0.1, 0.15) is 17.4 Å². The Morgan fingerprint density at radius 3 is 2.40 bits per heavy atom. The second kappa shape index (κ2) is 11.8. The second-order valence-electron chi connectivity index (χ2n) is 10.9. The lowest BCUT2D eigenvalue weighted by molar-refractivity contribution is -0.131. The molecule has 3 N–H and O–H groups in total. The highest BCUT2D eigenvalue weighted by molar-refractivity contribution is 6.09. The molecule has 0 aliphatic heterocycles. The molecule has 214 valence electrons. The summed E-state index contributed by atoms with van der Waals surface area (Å²) < 4.78 is 31.3. The molecule has 2 fully saturated rings. The van der Waals surface area contributed by atoms with Crippen molar-refractivity contribution in [2.45, 2.75) is 70.6 Å². The molecule has 0 radical (unpaired) electrons. The van der Waals surface area contributed by atoms with Gasteiger partial charge in [-0.1, -0.05) is 0 Å². The molecule has 9 nitrogen and oxygen atoms in total. The number of ether oxygens (including phenoxy) is 3. The first-order valence-electron chi connectivity index (χ1n) is 13.9. The largest absolute Gasteiger partial charge is 0.494 e. The number of amides is 2. The van der Waals surface area contributed by atoms with E-state index in [-0.39, 0.29) is 29.6 Å². The number of hydrogen-bond donors (Lipinski definition) is 3. The molecule has 1 aromatic carbocycles. The summed E-state index contributed by atoms with van der Waals surface area (Å²) in [6.45, 7) is 4.12. The van der Waals surface area contributed by atoms with Crippen LogP contribution in [-0.2, 0) is 9.53 Å². The van der Waals surface area contributed by atoms with Crippen molar-refractivity contribution in [2.24, 2.45) is 5.92 Å². The summed E-state index contributed by atoms with van der Waals surface area (Å²) in [6, 6.07) is 4.85. The predicted molar refractivity (Wildman–Crippen MR) is 149 cm³/mol. The van der Waals surface area contributed by atoms with Crippen molar-refractivity contribution in [3.05, 3.63) is 41.5 Å². The molecule has 3 aromatic rings. The number of benzene rings is 1. The standard InChI is InChI=1S/C30H37FN4O5/c1-16-26(30(37)35-20-9-7-19(8-10-20)34-29(36)17(2)38-3)28-27(33-16)21(11-12-32-28)22-13-23(31)25(39-4)14-24(22)40-15-18-5-6-18/h11-14,17-20,33H,5-10,15H2,1-4H3,(H,34,36)(H,35,37)/t17-,19-,20+/m0/s1.